The lowest BCUT2D eigenvalue weighted by atomic mass is 9.71. The summed E-state index contributed by atoms with van der Waals surface area (Å²) in [7, 11) is 1.79. The van der Waals surface area contributed by atoms with Crippen LogP contribution in [0.5, 0.6) is 0 Å². The van der Waals surface area contributed by atoms with Crippen LogP contribution in [0, 0.1) is 26.0 Å². The Morgan fingerprint density at radius 1 is 0.971 bits per heavy atom. The maximum Gasteiger partial charge on any atom is 0.256 e. The number of aryl methyl sites for hydroxylation is 4. The Hall–Kier alpha value is -3.13. The summed E-state index contributed by atoms with van der Waals surface area (Å²) in [6.45, 7) is 1.79. The van der Waals surface area contributed by atoms with Gasteiger partial charge in [0.2, 0.25) is 5.58 Å². The van der Waals surface area contributed by atoms with E-state index in [1.54, 1.807) is 36.0 Å². The molecule has 1 saturated carbocycles. The van der Waals surface area contributed by atoms with Gasteiger partial charge in [0.05, 0.1) is 5.56 Å². The fourth-order valence-corrected chi connectivity index (χ4v) is 5.74. The smallest absolute Gasteiger partial charge is 0.256 e. The molecule has 0 unspecified atom stereocenters. The van der Waals surface area contributed by atoms with E-state index in [0.29, 0.717) is 27.6 Å². The van der Waals surface area contributed by atoms with Crippen LogP contribution in [0.3, 0.4) is 0 Å². The van der Waals surface area contributed by atoms with Gasteiger partial charge in [0, 0.05) is 25.9 Å². The molecule has 0 N–H and O–H groups in total. The molecule has 2 heteroatoms. The summed E-state index contributed by atoms with van der Waals surface area (Å²) in [6, 6.07) is 15.2. The van der Waals surface area contributed by atoms with Gasteiger partial charge in [-0.25, -0.2) is 0 Å². The lowest BCUT2D eigenvalue weighted by Gasteiger charge is -2.34. The molecule has 0 radical (unpaired) electrons. The first-order valence-corrected chi connectivity index (χ1v) is 12.4. The summed E-state index contributed by atoms with van der Waals surface area (Å²) < 4.78 is 66.0. The quantitative estimate of drug-likeness (QED) is 0.236. The normalized spacial score (nSPS) is 21.1. The number of hydrogen-bond acceptors (Lipinski definition) is 1. The van der Waals surface area contributed by atoms with Crippen molar-refractivity contribution in [1.29, 1.82) is 0 Å². The molecule has 0 spiro atoms. The van der Waals surface area contributed by atoms with Gasteiger partial charge in [0.1, 0.15) is 12.6 Å². The van der Waals surface area contributed by atoms with Gasteiger partial charge in [0.15, 0.2) is 6.20 Å². The molecule has 2 heterocycles. The van der Waals surface area contributed by atoms with E-state index in [1.807, 2.05) is 25.1 Å². The minimum atomic E-state index is -2.39. The first-order chi connectivity index (χ1) is 19.5. The average Bonchev–Trinajstić information content (AvgIpc) is 3.25. The van der Waals surface area contributed by atoms with Crippen molar-refractivity contribution in [3.63, 3.8) is 0 Å². The second-order valence-corrected chi connectivity index (χ2v) is 11.0. The van der Waals surface area contributed by atoms with E-state index in [4.69, 9.17) is 12.6 Å². The Morgan fingerprint density at radius 2 is 1.80 bits per heavy atom. The summed E-state index contributed by atoms with van der Waals surface area (Å²) in [5.41, 5.74) is 4.95. The Labute approximate surface area is 218 Å². The second kappa shape index (κ2) is 7.95. The molecule has 0 saturated heterocycles. The van der Waals surface area contributed by atoms with Gasteiger partial charge in [-0.2, -0.15) is 4.57 Å². The molecular weight excluding hydrogens is 426 g/mol. The number of hydrogen-bond donors (Lipinski definition) is 0. The molecule has 0 amide bonds. The zero-order chi connectivity index (χ0) is 30.4. The minimum Gasteiger partial charge on any atom is -0.449 e. The molecule has 0 aliphatic heterocycles. The molecule has 3 aromatic carbocycles. The molecule has 1 fully saturated rings. The van der Waals surface area contributed by atoms with Crippen LogP contribution in [0.1, 0.15) is 77.3 Å². The number of fused-ring (bicyclic) bond motifs is 4. The predicted octanol–water partition coefficient (Wildman–Crippen LogP) is 8.84. The highest BCUT2D eigenvalue weighted by Gasteiger charge is 2.28. The van der Waals surface area contributed by atoms with Gasteiger partial charge >= 0.3 is 0 Å². The van der Waals surface area contributed by atoms with Crippen molar-refractivity contribution in [2.45, 2.75) is 66.1 Å². The fraction of sp³-hybridized carbons (Fsp3) is 0.364. The number of nitrogens with zero attached hydrogens (tertiary/aromatic N) is 1. The molecule has 5 aromatic rings. The van der Waals surface area contributed by atoms with Crippen molar-refractivity contribution in [3.8, 4) is 11.3 Å². The highest BCUT2D eigenvalue weighted by Crippen LogP contribution is 2.44. The SMILES string of the molecule is [2H]C([2H])([2H])c1ccc(-c2c3oc4cc5ccc(C6([2H])CCC(C)(C)CC6)cc5cc4c3c(C([2H])([2H])[2H])c[n+]2C)c(C)c1. The lowest BCUT2D eigenvalue weighted by molar-refractivity contribution is -0.659. The third kappa shape index (κ3) is 3.75. The molecule has 35 heavy (non-hydrogen) atoms. The Morgan fingerprint density at radius 3 is 2.54 bits per heavy atom. The molecule has 2 nitrogen and oxygen atoms in total. The molecule has 1 aliphatic rings. The largest absolute Gasteiger partial charge is 0.449 e. The van der Waals surface area contributed by atoms with Crippen molar-refractivity contribution >= 4 is 32.7 Å². The standard InChI is InChI=1S/C33H36NO/c1-20-7-10-27(21(2)15-20)31-32-30(22(3)19-34(31)6)28-17-26-16-24(8-9-25(26)18-29(28)35-32)23-11-13-33(4,5)14-12-23/h7-10,15-19,23H,11-14H2,1-6H3/q+1/i1D3,3D3,23D. The summed E-state index contributed by atoms with van der Waals surface area (Å²) >= 11 is 0. The Kier molecular flexibility index (Phi) is 3.58. The van der Waals surface area contributed by atoms with Gasteiger partial charge in [-0.1, -0.05) is 49.7 Å². The predicted molar refractivity (Wildman–Crippen MR) is 147 cm³/mol. The van der Waals surface area contributed by atoms with E-state index in [9.17, 15) is 1.37 Å². The maximum atomic E-state index is 9.28. The van der Waals surface area contributed by atoms with Crippen LogP contribution in [0.2, 0.25) is 0 Å². The van der Waals surface area contributed by atoms with Crippen molar-refractivity contribution in [3.05, 3.63) is 77.0 Å². The van der Waals surface area contributed by atoms with Gasteiger partial charge in [-0.05, 0) is 97.7 Å². The zero-order valence-corrected chi connectivity index (χ0v) is 20.9. The van der Waals surface area contributed by atoms with E-state index in [2.05, 4.69) is 26.0 Å². The minimum absolute atomic E-state index is 0.196. The van der Waals surface area contributed by atoms with Gasteiger partial charge < -0.3 is 4.42 Å². The molecule has 1 aliphatic carbocycles. The first-order valence-electron chi connectivity index (χ1n) is 15.9. The van der Waals surface area contributed by atoms with Gasteiger partial charge in [0.25, 0.3) is 5.69 Å². The van der Waals surface area contributed by atoms with Crippen LogP contribution in [-0.2, 0) is 7.05 Å². The number of furan rings is 1. The highest BCUT2D eigenvalue weighted by atomic mass is 16.3. The van der Waals surface area contributed by atoms with Crippen LogP contribution in [0.15, 0.2) is 59.1 Å². The molecular formula is C33H36NO+. The van der Waals surface area contributed by atoms with Crippen molar-refractivity contribution in [1.82, 2.24) is 0 Å². The molecule has 6 rings (SSSR count). The Balaban J connectivity index is 1.60. The third-order valence-electron chi connectivity index (χ3n) is 7.90. The summed E-state index contributed by atoms with van der Waals surface area (Å²) in [5.74, 6) is -0.639. The molecule has 178 valence electrons. The van der Waals surface area contributed by atoms with E-state index >= 15 is 0 Å². The fourth-order valence-electron chi connectivity index (χ4n) is 5.74. The van der Waals surface area contributed by atoms with E-state index in [-0.39, 0.29) is 16.5 Å². The van der Waals surface area contributed by atoms with E-state index in [1.165, 1.54) is 0 Å². The van der Waals surface area contributed by atoms with Crippen molar-refractivity contribution < 1.29 is 18.6 Å². The monoisotopic (exact) mass is 469 g/mol. The van der Waals surface area contributed by atoms with E-state index in [0.717, 1.165) is 53.1 Å². The van der Waals surface area contributed by atoms with Crippen molar-refractivity contribution in [2.75, 3.05) is 0 Å². The molecule has 2 aromatic heterocycles. The maximum absolute atomic E-state index is 9.28. The zero-order valence-electron chi connectivity index (χ0n) is 27.9. The van der Waals surface area contributed by atoms with Gasteiger partial charge in [-0.3, -0.25) is 0 Å². The number of rotatable bonds is 2. The van der Waals surface area contributed by atoms with Crippen LogP contribution in [0.25, 0.3) is 44.0 Å². The average molecular weight is 470 g/mol. The van der Waals surface area contributed by atoms with Crippen molar-refractivity contribution in [2.24, 2.45) is 12.5 Å². The second-order valence-electron chi connectivity index (χ2n) is 11.0. The summed E-state index contributed by atoms with van der Waals surface area (Å²) in [5, 5.41) is 3.15. The molecule has 0 atom stereocenters. The van der Waals surface area contributed by atoms with Crippen LogP contribution < -0.4 is 4.57 Å². The lowest BCUT2D eigenvalue weighted by Crippen LogP contribution is -2.31. The first kappa shape index (κ1) is 15.8. The summed E-state index contributed by atoms with van der Waals surface area (Å²) in [6.07, 6.45) is 5.28. The van der Waals surface area contributed by atoms with Crippen LogP contribution >= 0.6 is 0 Å². The highest BCUT2D eigenvalue weighted by molar-refractivity contribution is 6.13. The van der Waals surface area contributed by atoms with Crippen LogP contribution in [-0.4, -0.2) is 0 Å². The van der Waals surface area contributed by atoms with Gasteiger partial charge in [-0.15, -0.1) is 0 Å². The van der Waals surface area contributed by atoms with Crippen LogP contribution in [0.4, 0.5) is 0 Å². The summed E-state index contributed by atoms with van der Waals surface area (Å²) in [4.78, 5) is 0. The topological polar surface area (TPSA) is 17.0 Å². The van der Waals surface area contributed by atoms with E-state index < -0.39 is 19.6 Å². The Bertz CT molecular complexity index is 1870. The third-order valence-corrected chi connectivity index (χ3v) is 7.90. The number of aromatic nitrogens is 1. The molecule has 0 bridgehead atoms. The number of benzene rings is 3. The number of pyridine rings is 1.